The molecular formula is C25H35N4OP. The number of likely N-dealkylation sites (N-methyl/N-ethyl adjacent to an activating group) is 1. The van der Waals surface area contributed by atoms with Crippen molar-refractivity contribution in [2.45, 2.75) is 31.2 Å². The van der Waals surface area contributed by atoms with Gasteiger partial charge in [-0.05, 0) is 62.3 Å². The van der Waals surface area contributed by atoms with Crippen molar-refractivity contribution in [3.63, 3.8) is 0 Å². The van der Waals surface area contributed by atoms with Crippen LogP contribution in [0, 0.1) is 0 Å². The number of rotatable bonds is 6. The lowest BCUT2D eigenvalue weighted by atomic mass is 9.89. The molecule has 2 aliphatic rings. The van der Waals surface area contributed by atoms with Gasteiger partial charge in [0.1, 0.15) is 0 Å². The van der Waals surface area contributed by atoms with E-state index >= 15 is 0 Å². The van der Waals surface area contributed by atoms with Crippen LogP contribution in [0.25, 0.3) is 0 Å². The zero-order valence-electron chi connectivity index (χ0n) is 18.5. The number of piperidine rings is 1. The van der Waals surface area contributed by atoms with Crippen LogP contribution in [0.15, 0.2) is 61.1 Å². The number of hydrogen-bond donors (Lipinski definition) is 1. The van der Waals surface area contributed by atoms with Crippen LogP contribution < -0.4 is 10.6 Å². The highest BCUT2D eigenvalue weighted by Crippen LogP contribution is 2.30. The van der Waals surface area contributed by atoms with E-state index in [0.717, 1.165) is 36.6 Å². The molecule has 2 atom stereocenters. The zero-order valence-corrected chi connectivity index (χ0v) is 19.7. The first kappa shape index (κ1) is 23.6. The lowest BCUT2D eigenvalue weighted by molar-refractivity contribution is 0.112. The summed E-state index contributed by atoms with van der Waals surface area (Å²) in [6, 6.07) is 13.5. The summed E-state index contributed by atoms with van der Waals surface area (Å²) in [5.41, 5.74) is 3.38. The van der Waals surface area contributed by atoms with Gasteiger partial charge < -0.3 is 10.2 Å². The highest BCUT2D eigenvalue weighted by molar-refractivity contribution is 7.27. The molecular weight excluding hydrogens is 403 g/mol. The second-order valence-corrected chi connectivity index (χ2v) is 9.04. The van der Waals surface area contributed by atoms with Crippen LogP contribution in [0.4, 0.5) is 0 Å². The number of hydrogen-bond acceptors (Lipinski definition) is 5. The van der Waals surface area contributed by atoms with Gasteiger partial charge in [-0.15, -0.1) is 9.24 Å². The largest absolute Gasteiger partial charge is 0.373 e. The maximum absolute atomic E-state index is 10.1. The summed E-state index contributed by atoms with van der Waals surface area (Å²) in [5.74, 6) is 0.759. The van der Waals surface area contributed by atoms with Crippen molar-refractivity contribution < 1.29 is 4.79 Å². The van der Waals surface area contributed by atoms with Crippen LogP contribution in [0.5, 0.6) is 0 Å². The number of nitrogens with one attached hydrogen (secondary N) is 1. The Labute approximate surface area is 189 Å². The quantitative estimate of drug-likeness (QED) is 0.555. The van der Waals surface area contributed by atoms with Crippen molar-refractivity contribution in [1.29, 1.82) is 0 Å². The lowest BCUT2D eigenvalue weighted by Gasteiger charge is -2.36. The van der Waals surface area contributed by atoms with Gasteiger partial charge in [-0.1, -0.05) is 36.9 Å². The van der Waals surface area contributed by atoms with E-state index in [4.69, 9.17) is 0 Å². The fourth-order valence-electron chi connectivity index (χ4n) is 4.51. The van der Waals surface area contributed by atoms with Crippen molar-refractivity contribution in [2.75, 3.05) is 39.8 Å². The second-order valence-electron chi connectivity index (χ2n) is 8.38. The third kappa shape index (κ3) is 6.96. The van der Waals surface area contributed by atoms with Gasteiger partial charge in [0.25, 0.3) is 0 Å². The molecule has 1 aromatic carbocycles. The average Bonchev–Trinajstić information content (AvgIpc) is 3.31. The molecule has 0 spiro atoms. The second kappa shape index (κ2) is 12.1. The maximum Gasteiger partial charge on any atom is 0.151 e. The fourth-order valence-corrected chi connectivity index (χ4v) is 4.79. The number of likely N-dealkylation sites (tertiary alicyclic amines) is 2. The molecule has 2 aromatic rings. The monoisotopic (exact) mass is 438 g/mol. The minimum atomic E-state index is 0.613. The molecule has 2 unspecified atom stereocenters. The third-order valence-corrected chi connectivity index (χ3v) is 6.54. The highest BCUT2D eigenvalue weighted by atomic mass is 31.0. The summed E-state index contributed by atoms with van der Waals surface area (Å²) in [7, 11) is 4.46. The molecule has 1 N–H and O–H groups in total. The molecule has 2 saturated heterocycles. The topological polar surface area (TPSA) is 48.5 Å². The summed E-state index contributed by atoms with van der Waals surface area (Å²) in [4.78, 5) is 19.1. The van der Waals surface area contributed by atoms with Gasteiger partial charge in [0.05, 0.1) is 0 Å². The lowest BCUT2D eigenvalue weighted by Crippen LogP contribution is -2.42. The fraction of sp³-hybridized carbons (Fsp3) is 0.440. The number of carbonyl (C=O) groups is 1. The standard InChI is InChI=1S/C19H29N3.C6H6NOP/c1-16(14-20-2)22-13-10-19(15-22)21-11-8-18(9-12-21)17-6-4-3-5-7-17;8-4-5-1-6(9)3-7-2-5/h3-7,18-20H,1,8-15H2,2H3;1-4H,9H2. The first-order valence-corrected chi connectivity index (χ1v) is 11.7. The van der Waals surface area contributed by atoms with Crippen LogP contribution in [-0.4, -0.2) is 66.9 Å². The van der Waals surface area contributed by atoms with Gasteiger partial charge >= 0.3 is 0 Å². The summed E-state index contributed by atoms with van der Waals surface area (Å²) in [6.45, 7) is 9.94. The predicted octanol–water partition coefficient (Wildman–Crippen LogP) is 3.07. The summed E-state index contributed by atoms with van der Waals surface area (Å²) < 4.78 is 0. The average molecular weight is 439 g/mol. The van der Waals surface area contributed by atoms with Gasteiger partial charge in [-0.25, -0.2) is 0 Å². The molecule has 3 heterocycles. The molecule has 2 fully saturated rings. The Balaban J connectivity index is 0.000000254. The molecule has 0 amide bonds. The van der Waals surface area contributed by atoms with Crippen molar-refractivity contribution in [2.24, 2.45) is 0 Å². The van der Waals surface area contributed by atoms with Crippen LogP contribution in [0.2, 0.25) is 0 Å². The van der Waals surface area contributed by atoms with E-state index in [1.807, 2.05) is 7.05 Å². The Morgan fingerprint density at radius 1 is 1.19 bits per heavy atom. The molecule has 166 valence electrons. The summed E-state index contributed by atoms with van der Waals surface area (Å²) >= 11 is 0. The van der Waals surface area contributed by atoms with Gasteiger partial charge in [-0.3, -0.25) is 14.7 Å². The van der Waals surface area contributed by atoms with E-state index in [1.165, 1.54) is 56.4 Å². The van der Waals surface area contributed by atoms with E-state index in [0.29, 0.717) is 5.56 Å². The SMILES string of the molecule is C=C(CNC)N1CCC(N2CCC(c3ccccc3)CC2)C1.O=Cc1cncc(P)c1. The third-order valence-electron chi connectivity index (χ3n) is 6.22. The number of benzene rings is 1. The van der Waals surface area contributed by atoms with Crippen LogP contribution in [-0.2, 0) is 0 Å². The Kier molecular flexibility index (Phi) is 9.20. The Hall–Kier alpha value is -2.07. The number of aldehydes is 1. The maximum atomic E-state index is 10.1. The normalized spacial score (nSPS) is 19.5. The van der Waals surface area contributed by atoms with Crippen molar-refractivity contribution >= 4 is 20.8 Å². The number of aromatic nitrogens is 1. The van der Waals surface area contributed by atoms with Crippen LogP contribution in [0.1, 0.15) is 41.1 Å². The van der Waals surface area contributed by atoms with Crippen molar-refractivity contribution in [1.82, 2.24) is 20.1 Å². The molecule has 0 aliphatic carbocycles. The highest BCUT2D eigenvalue weighted by Gasteiger charge is 2.31. The van der Waals surface area contributed by atoms with E-state index in [9.17, 15) is 4.79 Å². The smallest absolute Gasteiger partial charge is 0.151 e. The Morgan fingerprint density at radius 2 is 1.94 bits per heavy atom. The van der Waals surface area contributed by atoms with E-state index in [1.54, 1.807) is 12.3 Å². The number of carbonyl (C=O) groups excluding carboxylic acids is 1. The minimum absolute atomic E-state index is 0.613. The molecule has 2 aliphatic heterocycles. The Bertz CT molecular complexity index is 836. The van der Waals surface area contributed by atoms with Crippen molar-refractivity contribution in [3.05, 3.63) is 72.2 Å². The first-order valence-electron chi connectivity index (χ1n) is 11.1. The Morgan fingerprint density at radius 3 is 2.55 bits per heavy atom. The van der Waals surface area contributed by atoms with Crippen molar-refractivity contribution in [3.8, 4) is 0 Å². The van der Waals surface area contributed by atoms with E-state index < -0.39 is 0 Å². The molecule has 5 nitrogen and oxygen atoms in total. The predicted molar refractivity (Wildman–Crippen MR) is 132 cm³/mol. The molecule has 0 bridgehead atoms. The molecule has 1 aromatic heterocycles. The molecule has 0 saturated carbocycles. The van der Waals surface area contributed by atoms with Crippen LogP contribution >= 0.6 is 9.24 Å². The summed E-state index contributed by atoms with van der Waals surface area (Å²) in [6.07, 6.45) is 7.88. The van der Waals surface area contributed by atoms with Gasteiger partial charge in [0, 0.05) is 49.3 Å². The van der Waals surface area contributed by atoms with Gasteiger partial charge in [0.2, 0.25) is 0 Å². The molecule has 0 radical (unpaired) electrons. The minimum Gasteiger partial charge on any atom is -0.373 e. The summed E-state index contributed by atoms with van der Waals surface area (Å²) in [5, 5.41) is 4.14. The molecule has 31 heavy (non-hydrogen) atoms. The van der Waals surface area contributed by atoms with Gasteiger partial charge in [0.15, 0.2) is 6.29 Å². The zero-order chi connectivity index (χ0) is 22.1. The van der Waals surface area contributed by atoms with Gasteiger partial charge in [-0.2, -0.15) is 0 Å². The van der Waals surface area contributed by atoms with Crippen LogP contribution in [0.3, 0.4) is 0 Å². The number of nitrogens with zero attached hydrogens (tertiary/aromatic N) is 3. The first-order chi connectivity index (χ1) is 15.1. The number of pyridine rings is 1. The molecule has 4 rings (SSSR count). The molecule has 6 heteroatoms. The van der Waals surface area contributed by atoms with E-state index in [-0.39, 0.29) is 0 Å². The van der Waals surface area contributed by atoms with E-state index in [2.05, 4.69) is 66.3 Å².